The van der Waals surface area contributed by atoms with E-state index in [0.717, 1.165) is 16.6 Å². The number of benzene rings is 2. The van der Waals surface area contributed by atoms with E-state index in [2.05, 4.69) is 10.3 Å². The summed E-state index contributed by atoms with van der Waals surface area (Å²) >= 11 is 0. The number of amides is 1. The fourth-order valence-electron chi connectivity index (χ4n) is 3.47. The van der Waals surface area contributed by atoms with Crippen LogP contribution in [0.25, 0.3) is 10.9 Å². The highest BCUT2D eigenvalue weighted by atomic mass is 32.2. The molecule has 0 fully saturated rings. The Labute approximate surface area is 152 Å². The Morgan fingerprint density at radius 2 is 1.85 bits per heavy atom. The Morgan fingerprint density at radius 3 is 2.69 bits per heavy atom. The van der Waals surface area contributed by atoms with Gasteiger partial charge in [0.1, 0.15) is 0 Å². The minimum Gasteiger partial charge on any atom is -0.345 e. The van der Waals surface area contributed by atoms with E-state index in [9.17, 15) is 13.2 Å². The number of nitrogens with one attached hydrogen (secondary N) is 1. The summed E-state index contributed by atoms with van der Waals surface area (Å²) in [7, 11) is -3.28. The van der Waals surface area contributed by atoms with Crippen LogP contribution in [0, 0.1) is 6.92 Å². The molecule has 4 rings (SSSR count). The minimum atomic E-state index is -3.28. The van der Waals surface area contributed by atoms with Gasteiger partial charge in [-0.1, -0.05) is 36.4 Å². The van der Waals surface area contributed by atoms with Gasteiger partial charge in [0, 0.05) is 11.1 Å². The molecule has 26 heavy (non-hydrogen) atoms. The van der Waals surface area contributed by atoms with E-state index in [1.54, 1.807) is 30.3 Å². The fraction of sp³-hybridized carbons (Fsp3) is 0.200. The maximum atomic E-state index is 13.0. The molecule has 1 amide bonds. The Morgan fingerprint density at radius 1 is 1.12 bits per heavy atom. The number of fused-ring (bicyclic) bond motifs is 2. The minimum absolute atomic E-state index is 0.0328. The average Bonchev–Trinajstić information content (AvgIpc) is 2.63. The molecule has 0 saturated carbocycles. The average molecular weight is 366 g/mol. The van der Waals surface area contributed by atoms with E-state index in [4.69, 9.17) is 0 Å². The molecule has 2 aromatic carbocycles. The fourth-order valence-corrected chi connectivity index (χ4v) is 5.09. The second kappa shape index (κ2) is 6.21. The van der Waals surface area contributed by atoms with Gasteiger partial charge in [-0.3, -0.25) is 9.78 Å². The van der Waals surface area contributed by atoms with Gasteiger partial charge in [-0.15, -0.1) is 0 Å². The normalized spacial score (nSPS) is 18.3. The van der Waals surface area contributed by atoms with Crippen LogP contribution in [0.5, 0.6) is 0 Å². The van der Waals surface area contributed by atoms with Gasteiger partial charge in [-0.2, -0.15) is 0 Å². The number of rotatable bonds is 2. The number of para-hydroxylation sites is 1. The molecule has 3 aromatic rings. The van der Waals surface area contributed by atoms with E-state index in [1.165, 1.54) is 0 Å². The first-order valence-corrected chi connectivity index (χ1v) is 10.1. The zero-order valence-corrected chi connectivity index (χ0v) is 15.1. The third-order valence-corrected chi connectivity index (χ3v) is 6.51. The molecule has 0 bridgehead atoms. The number of nitrogens with zero attached hydrogens (tertiary/aromatic N) is 1. The molecule has 0 saturated heterocycles. The largest absolute Gasteiger partial charge is 0.345 e. The maximum absolute atomic E-state index is 13.0. The van der Waals surface area contributed by atoms with Gasteiger partial charge in [0.15, 0.2) is 9.84 Å². The van der Waals surface area contributed by atoms with E-state index in [1.807, 2.05) is 31.2 Å². The van der Waals surface area contributed by atoms with E-state index < -0.39 is 9.84 Å². The quantitative estimate of drug-likeness (QED) is 0.756. The van der Waals surface area contributed by atoms with Crippen LogP contribution < -0.4 is 5.32 Å². The number of aromatic nitrogens is 1. The van der Waals surface area contributed by atoms with Crippen molar-refractivity contribution in [1.29, 1.82) is 0 Å². The monoisotopic (exact) mass is 366 g/mol. The number of pyridine rings is 1. The number of carbonyl (C=O) groups excluding carboxylic acids is 1. The predicted octanol–water partition coefficient (Wildman–Crippen LogP) is 3.19. The number of carbonyl (C=O) groups is 1. The van der Waals surface area contributed by atoms with Crippen molar-refractivity contribution in [1.82, 2.24) is 10.3 Å². The molecule has 2 heterocycles. The molecule has 0 unspecified atom stereocenters. The van der Waals surface area contributed by atoms with Gasteiger partial charge in [0.2, 0.25) is 0 Å². The first kappa shape index (κ1) is 16.7. The van der Waals surface area contributed by atoms with Crippen LogP contribution in [-0.2, 0) is 9.84 Å². The number of hydrogen-bond acceptors (Lipinski definition) is 4. The molecule has 0 spiro atoms. The lowest BCUT2D eigenvalue weighted by molar-refractivity contribution is 0.0936. The molecule has 1 aliphatic heterocycles. The summed E-state index contributed by atoms with van der Waals surface area (Å²) in [4.78, 5) is 17.7. The smallest absolute Gasteiger partial charge is 0.252 e. The van der Waals surface area contributed by atoms with Crippen molar-refractivity contribution in [2.45, 2.75) is 24.3 Å². The zero-order valence-electron chi connectivity index (χ0n) is 14.3. The first-order valence-electron chi connectivity index (χ1n) is 8.45. The summed E-state index contributed by atoms with van der Waals surface area (Å²) in [5.74, 6) is -0.184. The summed E-state index contributed by atoms with van der Waals surface area (Å²) in [6, 6.07) is 15.8. The molecule has 132 valence electrons. The lowest BCUT2D eigenvalue weighted by Crippen LogP contribution is -2.34. The lowest BCUT2D eigenvalue weighted by atomic mass is 10.0. The molecule has 1 atom stereocenters. The summed E-state index contributed by atoms with van der Waals surface area (Å²) < 4.78 is 24.5. The molecule has 1 aromatic heterocycles. The molecule has 1 aliphatic rings. The lowest BCUT2D eigenvalue weighted by Gasteiger charge is -2.26. The van der Waals surface area contributed by atoms with Gasteiger partial charge < -0.3 is 5.32 Å². The van der Waals surface area contributed by atoms with Gasteiger partial charge in [0.05, 0.1) is 27.8 Å². The number of hydrogen-bond donors (Lipinski definition) is 1. The van der Waals surface area contributed by atoms with Crippen LogP contribution in [0.3, 0.4) is 0 Å². The van der Waals surface area contributed by atoms with E-state index >= 15 is 0 Å². The van der Waals surface area contributed by atoms with Crippen LogP contribution in [0.2, 0.25) is 0 Å². The van der Waals surface area contributed by atoms with Crippen molar-refractivity contribution in [3.8, 4) is 0 Å². The van der Waals surface area contributed by atoms with Crippen LogP contribution in [0.4, 0.5) is 0 Å². The molecule has 6 heteroatoms. The third kappa shape index (κ3) is 2.86. The Kier molecular flexibility index (Phi) is 4.00. The highest BCUT2D eigenvalue weighted by Crippen LogP contribution is 2.32. The Bertz CT molecular complexity index is 1120. The second-order valence-electron chi connectivity index (χ2n) is 6.50. The standard InChI is InChI=1S/C20H18N2O3S/c1-13-12-16(14-6-2-4-8-17(14)21-13)20(23)22-18-10-11-26(24,25)19-9-5-3-7-15(18)19/h2-9,12,18H,10-11H2,1H3,(H,22,23)/t18-/m0/s1. The highest BCUT2D eigenvalue weighted by molar-refractivity contribution is 7.91. The molecule has 1 N–H and O–H groups in total. The second-order valence-corrected chi connectivity index (χ2v) is 8.58. The summed E-state index contributed by atoms with van der Waals surface area (Å²) in [5, 5.41) is 3.80. The first-order chi connectivity index (χ1) is 12.5. The van der Waals surface area contributed by atoms with Crippen molar-refractivity contribution < 1.29 is 13.2 Å². The van der Waals surface area contributed by atoms with Crippen molar-refractivity contribution in [3.05, 3.63) is 71.4 Å². The number of sulfone groups is 1. The zero-order chi connectivity index (χ0) is 18.3. The van der Waals surface area contributed by atoms with Crippen LogP contribution in [0.1, 0.15) is 34.1 Å². The van der Waals surface area contributed by atoms with Crippen LogP contribution in [0.15, 0.2) is 59.5 Å². The molecule has 0 radical (unpaired) electrons. The van der Waals surface area contributed by atoms with Gasteiger partial charge in [-0.25, -0.2) is 8.42 Å². The van der Waals surface area contributed by atoms with Gasteiger partial charge >= 0.3 is 0 Å². The summed E-state index contributed by atoms with van der Waals surface area (Å²) in [6.45, 7) is 1.85. The van der Waals surface area contributed by atoms with Crippen molar-refractivity contribution in [3.63, 3.8) is 0 Å². The Balaban J connectivity index is 1.72. The van der Waals surface area contributed by atoms with Crippen molar-refractivity contribution in [2.24, 2.45) is 0 Å². The van der Waals surface area contributed by atoms with Gasteiger partial charge in [-0.05, 0) is 37.1 Å². The Hall–Kier alpha value is -2.73. The molecular weight excluding hydrogens is 348 g/mol. The number of aryl methyl sites for hydroxylation is 1. The van der Waals surface area contributed by atoms with E-state index in [-0.39, 0.29) is 17.7 Å². The molecule has 5 nitrogen and oxygen atoms in total. The topological polar surface area (TPSA) is 76.1 Å². The van der Waals surface area contributed by atoms with E-state index in [0.29, 0.717) is 22.4 Å². The third-order valence-electron chi connectivity index (χ3n) is 4.70. The van der Waals surface area contributed by atoms with Crippen LogP contribution in [-0.4, -0.2) is 25.1 Å². The highest BCUT2D eigenvalue weighted by Gasteiger charge is 2.31. The van der Waals surface area contributed by atoms with Crippen molar-refractivity contribution >= 4 is 26.6 Å². The summed E-state index contributed by atoms with van der Waals surface area (Å²) in [5.41, 5.74) is 2.74. The van der Waals surface area contributed by atoms with Gasteiger partial charge in [0.25, 0.3) is 5.91 Å². The summed E-state index contributed by atoms with van der Waals surface area (Å²) in [6.07, 6.45) is 0.368. The van der Waals surface area contributed by atoms with Crippen LogP contribution >= 0.6 is 0 Å². The predicted molar refractivity (Wildman–Crippen MR) is 99.8 cm³/mol. The maximum Gasteiger partial charge on any atom is 0.252 e. The SMILES string of the molecule is Cc1cc(C(=O)N[C@H]2CCS(=O)(=O)c3ccccc32)c2ccccc2n1. The molecular formula is C20H18N2O3S. The molecule has 0 aliphatic carbocycles. The van der Waals surface area contributed by atoms with Crippen molar-refractivity contribution in [2.75, 3.05) is 5.75 Å².